The number of esters is 1. The first-order valence-electron chi connectivity index (χ1n) is 6.31. The van der Waals surface area contributed by atoms with E-state index in [1.165, 1.54) is 12.7 Å². The predicted octanol–water partition coefficient (Wildman–Crippen LogP) is 2.19. The minimum atomic E-state index is -0.503. The Hall–Kier alpha value is -1.29. The summed E-state index contributed by atoms with van der Waals surface area (Å²) in [7, 11) is 1.43. The van der Waals surface area contributed by atoms with Crippen LogP contribution in [0.25, 0.3) is 0 Å². The molecule has 0 unspecified atom stereocenters. The molecule has 4 heteroatoms. The van der Waals surface area contributed by atoms with Crippen LogP contribution in [-0.2, 0) is 22.6 Å². The van der Waals surface area contributed by atoms with Crippen molar-refractivity contribution >= 4 is 5.97 Å². The maximum Gasteiger partial charge on any atom is 0.313 e. The lowest BCUT2D eigenvalue weighted by molar-refractivity contribution is -0.151. The molecule has 0 spiro atoms. The molecular formula is C14H24N2O2. The van der Waals surface area contributed by atoms with E-state index >= 15 is 0 Å². The van der Waals surface area contributed by atoms with E-state index in [0.717, 1.165) is 6.54 Å². The summed E-state index contributed by atoms with van der Waals surface area (Å²) in [5.74, 6) is -0.182. The molecule has 1 rings (SSSR count). The Labute approximate surface area is 109 Å². The highest BCUT2D eigenvalue weighted by Gasteiger charge is 2.28. The van der Waals surface area contributed by atoms with Crippen molar-refractivity contribution in [3.63, 3.8) is 0 Å². The Morgan fingerprint density at radius 1 is 1.50 bits per heavy atom. The van der Waals surface area contributed by atoms with E-state index in [1.807, 2.05) is 24.6 Å². The molecule has 1 aromatic rings. The highest BCUT2D eigenvalue weighted by atomic mass is 16.5. The van der Waals surface area contributed by atoms with Gasteiger partial charge in [-0.25, -0.2) is 0 Å². The highest BCUT2D eigenvalue weighted by Crippen LogP contribution is 2.20. The van der Waals surface area contributed by atoms with Gasteiger partial charge in [0.25, 0.3) is 0 Å². The first-order chi connectivity index (χ1) is 8.35. The molecule has 0 saturated carbocycles. The van der Waals surface area contributed by atoms with Gasteiger partial charge < -0.3 is 14.6 Å². The maximum absolute atomic E-state index is 11.6. The maximum atomic E-state index is 11.6. The first kappa shape index (κ1) is 14.8. The Bertz CT molecular complexity index is 394. The van der Waals surface area contributed by atoms with Crippen LogP contribution in [-0.4, -0.2) is 23.7 Å². The average molecular weight is 252 g/mol. The SMILES string of the molecule is COC(=O)C(C)(C)Cn1ccc(CNC(C)C)c1. The fraction of sp³-hybridized carbons (Fsp3) is 0.643. The van der Waals surface area contributed by atoms with Crippen molar-refractivity contribution < 1.29 is 9.53 Å². The lowest BCUT2D eigenvalue weighted by Crippen LogP contribution is -2.30. The molecule has 0 aromatic carbocycles. The number of methoxy groups -OCH3 is 1. The van der Waals surface area contributed by atoms with Crippen molar-refractivity contribution in [1.82, 2.24) is 9.88 Å². The zero-order chi connectivity index (χ0) is 13.8. The molecule has 0 aliphatic carbocycles. The van der Waals surface area contributed by atoms with Gasteiger partial charge in [0.15, 0.2) is 0 Å². The summed E-state index contributed by atoms with van der Waals surface area (Å²) in [6.07, 6.45) is 4.07. The third-order valence-corrected chi connectivity index (χ3v) is 2.84. The van der Waals surface area contributed by atoms with E-state index in [4.69, 9.17) is 4.74 Å². The van der Waals surface area contributed by atoms with Gasteiger partial charge in [0.1, 0.15) is 0 Å². The summed E-state index contributed by atoms with van der Waals surface area (Å²) in [4.78, 5) is 11.6. The molecular weight excluding hydrogens is 228 g/mol. The summed E-state index contributed by atoms with van der Waals surface area (Å²) in [5.41, 5.74) is 0.723. The Kier molecular flexibility index (Phi) is 4.96. The van der Waals surface area contributed by atoms with Crippen molar-refractivity contribution in [2.24, 2.45) is 5.41 Å². The van der Waals surface area contributed by atoms with Crippen LogP contribution in [0, 0.1) is 5.41 Å². The topological polar surface area (TPSA) is 43.3 Å². The van der Waals surface area contributed by atoms with Gasteiger partial charge in [-0.15, -0.1) is 0 Å². The van der Waals surface area contributed by atoms with Gasteiger partial charge in [-0.3, -0.25) is 4.79 Å². The quantitative estimate of drug-likeness (QED) is 0.789. The van der Waals surface area contributed by atoms with Gasteiger partial charge in [0.2, 0.25) is 0 Å². The van der Waals surface area contributed by atoms with E-state index in [-0.39, 0.29) is 5.97 Å². The smallest absolute Gasteiger partial charge is 0.313 e. The zero-order valence-corrected chi connectivity index (χ0v) is 12.0. The number of hydrogen-bond donors (Lipinski definition) is 1. The van der Waals surface area contributed by atoms with Crippen molar-refractivity contribution in [1.29, 1.82) is 0 Å². The van der Waals surface area contributed by atoms with Crippen molar-refractivity contribution in [3.8, 4) is 0 Å². The van der Waals surface area contributed by atoms with E-state index in [0.29, 0.717) is 12.6 Å². The summed E-state index contributed by atoms with van der Waals surface area (Å²) < 4.78 is 6.84. The monoisotopic (exact) mass is 252 g/mol. The van der Waals surface area contributed by atoms with Gasteiger partial charge in [-0.1, -0.05) is 13.8 Å². The Morgan fingerprint density at radius 3 is 2.72 bits per heavy atom. The minimum absolute atomic E-state index is 0.182. The molecule has 102 valence electrons. The second-order valence-corrected chi connectivity index (χ2v) is 5.60. The largest absolute Gasteiger partial charge is 0.469 e. The van der Waals surface area contributed by atoms with Gasteiger partial charge in [0.05, 0.1) is 12.5 Å². The lowest BCUT2D eigenvalue weighted by Gasteiger charge is -2.21. The van der Waals surface area contributed by atoms with Crippen LogP contribution in [0.4, 0.5) is 0 Å². The van der Waals surface area contributed by atoms with E-state index in [2.05, 4.69) is 31.4 Å². The number of aromatic nitrogens is 1. The first-order valence-corrected chi connectivity index (χ1v) is 6.31. The molecule has 0 fully saturated rings. The number of carbonyl (C=O) groups is 1. The molecule has 0 aliphatic rings. The standard InChI is InChI=1S/C14H24N2O2/c1-11(2)15-8-12-6-7-16(9-12)10-14(3,4)13(17)18-5/h6-7,9,11,15H,8,10H2,1-5H3. The highest BCUT2D eigenvalue weighted by molar-refractivity contribution is 5.75. The van der Waals surface area contributed by atoms with Crippen LogP contribution < -0.4 is 5.32 Å². The van der Waals surface area contributed by atoms with Crippen LogP contribution in [0.2, 0.25) is 0 Å². The molecule has 0 aliphatic heterocycles. The number of hydrogen-bond acceptors (Lipinski definition) is 3. The average Bonchev–Trinajstić information content (AvgIpc) is 2.72. The van der Waals surface area contributed by atoms with E-state index in [9.17, 15) is 4.79 Å². The molecule has 0 amide bonds. The van der Waals surface area contributed by atoms with Crippen molar-refractivity contribution in [3.05, 3.63) is 24.0 Å². The second-order valence-electron chi connectivity index (χ2n) is 5.60. The molecule has 1 N–H and O–H groups in total. The molecule has 18 heavy (non-hydrogen) atoms. The number of ether oxygens (including phenoxy) is 1. The van der Waals surface area contributed by atoms with Gasteiger partial charge in [-0.2, -0.15) is 0 Å². The molecule has 1 heterocycles. The molecule has 0 atom stereocenters. The normalized spacial score (nSPS) is 11.9. The Balaban J connectivity index is 2.61. The minimum Gasteiger partial charge on any atom is -0.469 e. The summed E-state index contributed by atoms with van der Waals surface area (Å²) in [5, 5.41) is 3.37. The number of rotatable bonds is 6. The molecule has 0 saturated heterocycles. The number of carbonyl (C=O) groups excluding carboxylic acids is 1. The third-order valence-electron chi connectivity index (χ3n) is 2.84. The molecule has 1 aromatic heterocycles. The Morgan fingerprint density at radius 2 is 2.17 bits per heavy atom. The van der Waals surface area contributed by atoms with Crippen LogP contribution in [0.15, 0.2) is 18.5 Å². The summed E-state index contributed by atoms with van der Waals surface area (Å²) in [6, 6.07) is 2.54. The van der Waals surface area contributed by atoms with Gasteiger partial charge >= 0.3 is 5.97 Å². The number of nitrogens with one attached hydrogen (secondary N) is 1. The fourth-order valence-electron chi connectivity index (χ4n) is 1.81. The summed E-state index contributed by atoms with van der Waals surface area (Å²) in [6.45, 7) is 9.51. The summed E-state index contributed by atoms with van der Waals surface area (Å²) >= 11 is 0. The van der Waals surface area contributed by atoms with Crippen molar-refractivity contribution in [2.75, 3.05) is 7.11 Å². The van der Waals surface area contributed by atoms with Gasteiger partial charge in [-0.05, 0) is 25.5 Å². The molecule has 0 bridgehead atoms. The van der Waals surface area contributed by atoms with Crippen LogP contribution in [0.3, 0.4) is 0 Å². The molecule has 0 radical (unpaired) electrons. The second kappa shape index (κ2) is 6.05. The van der Waals surface area contributed by atoms with Crippen LogP contribution in [0.1, 0.15) is 33.3 Å². The van der Waals surface area contributed by atoms with Crippen molar-refractivity contribution in [2.45, 2.75) is 46.8 Å². The van der Waals surface area contributed by atoms with E-state index in [1.54, 1.807) is 0 Å². The van der Waals surface area contributed by atoms with Gasteiger partial charge in [0, 0.05) is 31.5 Å². The number of nitrogens with zero attached hydrogens (tertiary/aromatic N) is 1. The van der Waals surface area contributed by atoms with E-state index < -0.39 is 5.41 Å². The lowest BCUT2D eigenvalue weighted by atomic mass is 9.94. The van der Waals surface area contributed by atoms with Crippen LogP contribution >= 0.6 is 0 Å². The molecule has 4 nitrogen and oxygen atoms in total. The zero-order valence-electron chi connectivity index (χ0n) is 12.0. The third kappa shape index (κ3) is 4.18. The predicted molar refractivity (Wildman–Crippen MR) is 72.2 cm³/mol. The fourth-order valence-corrected chi connectivity index (χ4v) is 1.81. The van der Waals surface area contributed by atoms with Crippen LogP contribution in [0.5, 0.6) is 0 Å².